The van der Waals surface area contributed by atoms with E-state index >= 15 is 0 Å². The van der Waals surface area contributed by atoms with Gasteiger partial charge in [-0.2, -0.15) is 5.26 Å². The lowest BCUT2D eigenvalue weighted by Gasteiger charge is -2.04. The first-order valence-corrected chi connectivity index (χ1v) is 5.28. The normalized spacial score (nSPS) is 10.1. The van der Waals surface area contributed by atoms with Gasteiger partial charge in [0.1, 0.15) is 5.75 Å². The van der Waals surface area contributed by atoms with E-state index in [1.807, 2.05) is 30.3 Å². The van der Waals surface area contributed by atoms with Crippen LogP contribution in [0.15, 0.2) is 34.8 Å². The maximum atomic E-state index is 9.65. The molecule has 2 rings (SSSR count). The quantitative estimate of drug-likeness (QED) is 0.856. The van der Waals surface area contributed by atoms with Crippen molar-refractivity contribution >= 4 is 26.7 Å². The molecule has 0 aliphatic carbocycles. The summed E-state index contributed by atoms with van der Waals surface area (Å²) in [6, 6.07) is 11.4. The average molecular weight is 262 g/mol. The average Bonchev–Trinajstić information content (AvgIpc) is 2.20. The topological polar surface area (TPSA) is 44.0 Å². The Morgan fingerprint density at radius 1 is 1.20 bits per heavy atom. The maximum absolute atomic E-state index is 9.65. The summed E-state index contributed by atoms with van der Waals surface area (Å²) < 4.78 is 0.989. The second kappa shape index (κ2) is 3.92. The first kappa shape index (κ1) is 10.0. The summed E-state index contributed by atoms with van der Waals surface area (Å²) in [6.45, 7) is 0. The molecule has 0 heterocycles. The van der Waals surface area contributed by atoms with Gasteiger partial charge in [-0.15, -0.1) is 0 Å². The molecule has 0 unspecified atom stereocenters. The van der Waals surface area contributed by atoms with Crippen molar-refractivity contribution in [1.82, 2.24) is 0 Å². The Balaban J connectivity index is 2.67. The third-order valence-electron chi connectivity index (χ3n) is 2.27. The predicted octanol–water partition coefficient (Wildman–Crippen LogP) is 3.37. The van der Waals surface area contributed by atoms with Crippen molar-refractivity contribution in [1.29, 1.82) is 5.26 Å². The lowest BCUT2D eigenvalue weighted by Crippen LogP contribution is -1.84. The highest BCUT2D eigenvalue weighted by Gasteiger charge is 2.03. The van der Waals surface area contributed by atoms with Crippen molar-refractivity contribution in [3.8, 4) is 11.8 Å². The van der Waals surface area contributed by atoms with Crippen LogP contribution in [0.1, 0.15) is 5.56 Å². The van der Waals surface area contributed by atoms with Crippen LogP contribution in [0.25, 0.3) is 10.8 Å². The molecular weight excluding hydrogens is 254 g/mol. The fraction of sp³-hybridized carbons (Fsp3) is 0.0833. The minimum absolute atomic E-state index is 0.186. The molecule has 1 N–H and O–H groups in total. The molecule has 15 heavy (non-hydrogen) atoms. The molecular formula is C12H8BrNO. The number of rotatable bonds is 1. The number of nitrogens with zero attached hydrogens (tertiary/aromatic N) is 1. The largest absolute Gasteiger partial charge is 0.508 e. The Morgan fingerprint density at radius 2 is 2.00 bits per heavy atom. The summed E-state index contributed by atoms with van der Waals surface area (Å²) in [4.78, 5) is 0. The third kappa shape index (κ3) is 1.95. The second-order valence-electron chi connectivity index (χ2n) is 3.31. The van der Waals surface area contributed by atoms with Crippen LogP contribution in [0.4, 0.5) is 0 Å². The highest BCUT2D eigenvalue weighted by molar-refractivity contribution is 9.10. The number of phenolic OH excluding ortho intramolecular Hbond substituents is 1. The van der Waals surface area contributed by atoms with Gasteiger partial charge in [-0.05, 0) is 35.0 Å². The number of phenols is 1. The molecule has 0 fully saturated rings. The van der Waals surface area contributed by atoms with Crippen molar-refractivity contribution in [3.63, 3.8) is 0 Å². The summed E-state index contributed by atoms with van der Waals surface area (Å²) in [5, 5.41) is 20.2. The molecule has 0 saturated heterocycles. The van der Waals surface area contributed by atoms with Gasteiger partial charge in [0.2, 0.25) is 0 Å². The van der Waals surface area contributed by atoms with Crippen LogP contribution in [0.5, 0.6) is 5.75 Å². The molecule has 2 aromatic rings. The monoisotopic (exact) mass is 261 g/mol. The van der Waals surface area contributed by atoms with Crippen LogP contribution in [0, 0.1) is 11.3 Å². The molecule has 0 aromatic heterocycles. The van der Waals surface area contributed by atoms with E-state index in [-0.39, 0.29) is 12.2 Å². The first-order valence-electron chi connectivity index (χ1n) is 4.49. The number of halogens is 1. The summed E-state index contributed by atoms with van der Waals surface area (Å²) in [5.74, 6) is 0.186. The highest BCUT2D eigenvalue weighted by atomic mass is 79.9. The second-order valence-corrected chi connectivity index (χ2v) is 4.22. The summed E-state index contributed by atoms with van der Waals surface area (Å²) in [5.41, 5.74) is 0.670. The molecule has 2 aromatic carbocycles. The van der Waals surface area contributed by atoms with Gasteiger partial charge in [0, 0.05) is 10.0 Å². The van der Waals surface area contributed by atoms with Crippen molar-refractivity contribution in [2.45, 2.75) is 6.42 Å². The predicted molar refractivity (Wildman–Crippen MR) is 62.6 cm³/mol. The fourth-order valence-corrected chi connectivity index (χ4v) is 1.91. The number of hydrogen-bond acceptors (Lipinski definition) is 2. The number of benzene rings is 2. The Bertz CT molecular complexity index is 557. The van der Waals surface area contributed by atoms with Gasteiger partial charge in [-0.1, -0.05) is 22.0 Å². The van der Waals surface area contributed by atoms with Gasteiger partial charge in [0.25, 0.3) is 0 Å². The van der Waals surface area contributed by atoms with Crippen molar-refractivity contribution < 1.29 is 5.11 Å². The number of aromatic hydroxyl groups is 1. The Labute approximate surface area is 95.9 Å². The SMILES string of the molecule is N#CCc1cc2cc(Br)ccc2cc1O. The van der Waals surface area contributed by atoms with Gasteiger partial charge in [0.15, 0.2) is 0 Å². The molecule has 0 amide bonds. The van der Waals surface area contributed by atoms with Crippen LogP contribution >= 0.6 is 15.9 Å². The molecule has 0 saturated carbocycles. The minimum Gasteiger partial charge on any atom is -0.508 e. The van der Waals surface area contributed by atoms with E-state index in [9.17, 15) is 5.11 Å². The summed E-state index contributed by atoms with van der Waals surface area (Å²) in [7, 11) is 0. The first-order chi connectivity index (χ1) is 7.20. The standard InChI is InChI=1S/C12H8BrNO/c13-11-2-1-8-7-12(15)9(3-4-14)5-10(8)6-11/h1-2,5-7,15H,3H2. The van der Waals surface area contributed by atoms with Crippen LogP contribution in [0.2, 0.25) is 0 Å². The smallest absolute Gasteiger partial charge is 0.120 e. The summed E-state index contributed by atoms with van der Waals surface area (Å²) in [6.07, 6.45) is 0.230. The number of fused-ring (bicyclic) bond motifs is 1. The van der Waals surface area contributed by atoms with E-state index in [0.717, 1.165) is 15.2 Å². The van der Waals surface area contributed by atoms with Gasteiger partial charge < -0.3 is 5.11 Å². The van der Waals surface area contributed by atoms with Crippen LogP contribution in [-0.2, 0) is 6.42 Å². The zero-order chi connectivity index (χ0) is 10.8. The Kier molecular flexibility index (Phi) is 2.61. The van der Waals surface area contributed by atoms with Gasteiger partial charge in [0.05, 0.1) is 12.5 Å². The molecule has 2 nitrogen and oxygen atoms in total. The zero-order valence-corrected chi connectivity index (χ0v) is 9.45. The van der Waals surface area contributed by atoms with Crippen molar-refractivity contribution in [2.75, 3.05) is 0 Å². The zero-order valence-electron chi connectivity index (χ0n) is 7.87. The minimum atomic E-state index is 0.186. The number of nitriles is 1. The van der Waals surface area contributed by atoms with Crippen LogP contribution in [-0.4, -0.2) is 5.11 Å². The molecule has 0 atom stereocenters. The summed E-state index contributed by atoms with van der Waals surface area (Å²) >= 11 is 3.39. The van der Waals surface area contributed by atoms with Gasteiger partial charge in [-0.3, -0.25) is 0 Å². The number of hydrogen-bond donors (Lipinski definition) is 1. The van der Waals surface area contributed by atoms with Crippen molar-refractivity contribution in [3.05, 3.63) is 40.4 Å². The molecule has 3 heteroatoms. The van der Waals surface area contributed by atoms with E-state index in [1.165, 1.54) is 0 Å². The van der Waals surface area contributed by atoms with Crippen molar-refractivity contribution in [2.24, 2.45) is 0 Å². The van der Waals surface area contributed by atoms with E-state index in [1.54, 1.807) is 6.07 Å². The fourth-order valence-electron chi connectivity index (χ4n) is 1.53. The highest BCUT2D eigenvalue weighted by Crippen LogP contribution is 2.27. The Morgan fingerprint density at radius 3 is 2.73 bits per heavy atom. The van der Waals surface area contributed by atoms with E-state index in [2.05, 4.69) is 15.9 Å². The molecule has 0 bridgehead atoms. The third-order valence-corrected chi connectivity index (χ3v) is 2.76. The van der Waals surface area contributed by atoms with Crippen LogP contribution < -0.4 is 0 Å². The van der Waals surface area contributed by atoms with E-state index in [0.29, 0.717) is 5.56 Å². The van der Waals surface area contributed by atoms with Gasteiger partial charge >= 0.3 is 0 Å². The molecule has 74 valence electrons. The lowest BCUT2D eigenvalue weighted by atomic mass is 10.0. The van der Waals surface area contributed by atoms with E-state index < -0.39 is 0 Å². The van der Waals surface area contributed by atoms with Crippen LogP contribution in [0.3, 0.4) is 0 Å². The van der Waals surface area contributed by atoms with Gasteiger partial charge in [-0.25, -0.2) is 0 Å². The molecule has 0 radical (unpaired) electrons. The lowest BCUT2D eigenvalue weighted by molar-refractivity contribution is 0.471. The molecule has 0 aliphatic rings. The van der Waals surface area contributed by atoms with E-state index in [4.69, 9.17) is 5.26 Å². The Hall–Kier alpha value is -1.53. The molecule has 0 aliphatic heterocycles. The maximum Gasteiger partial charge on any atom is 0.120 e. The molecule has 0 spiro atoms.